The zero-order valence-electron chi connectivity index (χ0n) is 11.1. The van der Waals surface area contributed by atoms with Crippen LogP contribution < -0.4 is 10.1 Å². The second-order valence-electron chi connectivity index (χ2n) is 5.06. The second-order valence-corrected chi connectivity index (χ2v) is 5.50. The highest BCUT2D eigenvalue weighted by Gasteiger charge is 2.22. The van der Waals surface area contributed by atoms with Crippen LogP contribution in [-0.4, -0.2) is 12.6 Å². The molecule has 0 aromatic heterocycles. The fourth-order valence-corrected chi connectivity index (χ4v) is 2.59. The molecule has 1 unspecified atom stereocenters. The summed E-state index contributed by atoms with van der Waals surface area (Å²) in [6.45, 7) is 2.61. The van der Waals surface area contributed by atoms with Gasteiger partial charge in [-0.05, 0) is 36.8 Å². The van der Waals surface area contributed by atoms with Crippen molar-refractivity contribution in [2.24, 2.45) is 0 Å². The highest BCUT2D eigenvalue weighted by Crippen LogP contribution is 2.30. The first-order chi connectivity index (χ1) is 9.61. The molecule has 0 spiro atoms. The van der Waals surface area contributed by atoms with E-state index in [2.05, 4.69) is 18.3 Å². The maximum Gasteiger partial charge on any atom is 0.146 e. The summed E-state index contributed by atoms with van der Waals surface area (Å²) in [6.07, 6.45) is 0.858. The van der Waals surface area contributed by atoms with E-state index < -0.39 is 0 Å². The van der Waals surface area contributed by atoms with Gasteiger partial charge in [0, 0.05) is 11.4 Å². The molecule has 0 saturated carbocycles. The molecule has 1 aliphatic heterocycles. The molecule has 0 amide bonds. The maximum atomic E-state index is 13.6. The van der Waals surface area contributed by atoms with Gasteiger partial charge in [-0.15, -0.1) is 0 Å². The van der Waals surface area contributed by atoms with Crippen LogP contribution in [-0.2, 0) is 6.42 Å². The summed E-state index contributed by atoms with van der Waals surface area (Å²) in [5.74, 6) is 0.620. The van der Waals surface area contributed by atoms with Crippen molar-refractivity contribution in [1.29, 1.82) is 0 Å². The van der Waals surface area contributed by atoms with E-state index in [-0.39, 0.29) is 11.9 Å². The third-order valence-electron chi connectivity index (χ3n) is 3.41. The van der Waals surface area contributed by atoms with Crippen molar-refractivity contribution < 1.29 is 9.13 Å². The number of halogens is 2. The zero-order chi connectivity index (χ0) is 14.1. The van der Waals surface area contributed by atoms with E-state index in [9.17, 15) is 4.39 Å². The van der Waals surface area contributed by atoms with E-state index in [1.807, 2.05) is 12.1 Å². The van der Waals surface area contributed by atoms with Crippen LogP contribution in [0.25, 0.3) is 0 Å². The second kappa shape index (κ2) is 5.33. The molecule has 3 rings (SSSR count). The van der Waals surface area contributed by atoms with Crippen LogP contribution in [0.4, 0.5) is 10.1 Å². The Morgan fingerprint density at radius 1 is 1.30 bits per heavy atom. The van der Waals surface area contributed by atoms with E-state index in [4.69, 9.17) is 16.3 Å². The van der Waals surface area contributed by atoms with E-state index in [1.165, 1.54) is 23.3 Å². The minimum atomic E-state index is -0.305. The first kappa shape index (κ1) is 13.3. The van der Waals surface area contributed by atoms with Gasteiger partial charge in [-0.2, -0.15) is 0 Å². The lowest BCUT2D eigenvalue weighted by Crippen LogP contribution is -2.24. The third kappa shape index (κ3) is 2.73. The molecule has 2 aromatic carbocycles. The van der Waals surface area contributed by atoms with E-state index in [0.717, 1.165) is 12.2 Å². The molecule has 2 aromatic rings. The van der Waals surface area contributed by atoms with Gasteiger partial charge in [-0.1, -0.05) is 29.3 Å². The Balaban J connectivity index is 1.65. The molecule has 20 heavy (non-hydrogen) atoms. The quantitative estimate of drug-likeness (QED) is 0.915. The van der Waals surface area contributed by atoms with Gasteiger partial charge in [-0.3, -0.25) is 0 Å². The van der Waals surface area contributed by atoms with Crippen LogP contribution in [0, 0.1) is 12.7 Å². The number of hydrogen-bond acceptors (Lipinski definition) is 2. The SMILES string of the molecule is Cc1ccc2c(c1)CC(CNc1cc(Cl)ccc1F)O2. The lowest BCUT2D eigenvalue weighted by atomic mass is 10.1. The third-order valence-corrected chi connectivity index (χ3v) is 3.64. The number of rotatable bonds is 3. The summed E-state index contributed by atoms with van der Waals surface area (Å²) in [5.41, 5.74) is 2.85. The van der Waals surface area contributed by atoms with Crippen molar-refractivity contribution in [1.82, 2.24) is 0 Å². The van der Waals surface area contributed by atoms with Gasteiger partial charge in [0.15, 0.2) is 0 Å². The summed E-state index contributed by atoms with van der Waals surface area (Å²) in [7, 11) is 0. The van der Waals surface area contributed by atoms with Gasteiger partial charge in [0.2, 0.25) is 0 Å². The number of aryl methyl sites for hydroxylation is 1. The van der Waals surface area contributed by atoms with E-state index >= 15 is 0 Å². The molecular formula is C16H15ClFNO. The van der Waals surface area contributed by atoms with Crippen molar-refractivity contribution in [3.8, 4) is 5.75 Å². The predicted octanol–water partition coefficient (Wildman–Crippen LogP) is 4.20. The van der Waals surface area contributed by atoms with Crippen LogP contribution in [0.3, 0.4) is 0 Å². The van der Waals surface area contributed by atoms with Crippen LogP contribution in [0.5, 0.6) is 5.75 Å². The highest BCUT2D eigenvalue weighted by atomic mass is 35.5. The Hall–Kier alpha value is -1.74. The molecule has 1 heterocycles. The van der Waals surface area contributed by atoms with Crippen molar-refractivity contribution in [3.63, 3.8) is 0 Å². The predicted molar refractivity (Wildman–Crippen MR) is 79.2 cm³/mol. The van der Waals surface area contributed by atoms with Crippen LogP contribution in [0.2, 0.25) is 5.02 Å². The first-order valence-corrected chi connectivity index (χ1v) is 6.95. The summed E-state index contributed by atoms with van der Waals surface area (Å²) in [5, 5.41) is 3.57. The number of nitrogens with one attached hydrogen (secondary N) is 1. The molecule has 104 valence electrons. The number of anilines is 1. The molecule has 0 aliphatic carbocycles. The molecular weight excluding hydrogens is 277 g/mol. The Morgan fingerprint density at radius 2 is 2.15 bits per heavy atom. The number of benzene rings is 2. The van der Waals surface area contributed by atoms with Crippen molar-refractivity contribution in [2.75, 3.05) is 11.9 Å². The molecule has 4 heteroatoms. The fourth-order valence-electron chi connectivity index (χ4n) is 2.42. The van der Waals surface area contributed by atoms with Crippen molar-refractivity contribution in [3.05, 3.63) is 58.4 Å². The average Bonchev–Trinajstić information content (AvgIpc) is 2.81. The van der Waals surface area contributed by atoms with Crippen molar-refractivity contribution in [2.45, 2.75) is 19.4 Å². The van der Waals surface area contributed by atoms with Gasteiger partial charge in [0.1, 0.15) is 17.7 Å². The molecule has 1 N–H and O–H groups in total. The number of hydrogen-bond donors (Lipinski definition) is 1. The van der Waals surface area contributed by atoms with Crippen LogP contribution >= 0.6 is 11.6 Å². The Bertz CT molecular complexity index is 644. The Labute approximate surface area is 122 Å². The maximum absolute atomic E-state index is 13.6. The molecule has 0 saturated heterocycles. The number of fused-ring (bicyclic) bond motifs is 1. The fraction of sp³-hybridized carbons (Fsp3) is 0.250. The Morgan fingerprint density at radius 3 is 3.00 bits per heavy atom. The molecule has 2 nitrogen and oxygen atoms in total. The van der Waals surface area contributed by atoms with Gasteiger partial charge in [0.05, 0.1) is 12.2 Å². The smallest absolute Gasteiger partial charge is 0.146 e. The lowest BCUT2D eigenvalue weighted by molar-refractivity contribution is 0.246. The van der Waals surface area contributed by atoms with Crippen LogP contribution in [0.15, 0.2) is 36.4 Å². The summed E-state index contributed by atoms with van der Waals surface area (Å²) >= 11 is 5.86. The zero-order valence-corrected chi connectivity index (χ0v) is 11.9. The minimum absolute atomic E-state index is 0.0187. The Kier molecular flexibility index (Phi) is 3.53. The monoisotopic (exact) mass is 291 g/mol. The number of ether oxygens (including phenoxy) is 1. The molecule has 1 atom stereocenters. The average molecular weight is 292 g/mol. The standard InChI is InChI=1S/C16H15ClFNO/c1-10-2-5-16-11(6-10)7-13(20-16)9-19-15-8-12(17)3-4-14(15)18/h2-6,8,13,19H,7,9H2,1H3. The summed E-state index contributed by atoms with van der Waals surface area (Å²) in [4.78, 5) is 0. The van der Waals surface area contributed by atoms with E-state index in [0.29, 0.717) is 17.3 Å². The first-order valence-electron chi connectivity index (χ1n) is 6.57. The molecule has 0 fully saturated rings. The molecule has 0 bridgehead atoms. The van der Waals surface area contributed by atoms with Gasteiger partial charge >= 0.3 is 0 Å². The minimum Gasteiger partial charge on any atom is -0.488 e. The lowest BCUT2D eigenvalue weighted by Gasteiger charge is -2.13. The summed E-state index contributed by atoms with van der Waals surface area (Å²) < 4.78 is 19.4. The van der Waals surface area contributed by atoms with E-state index in [1.54, 1.807) is 6.07 Å². The largest absolute Gasteiger partial charge is 0.488 e. The highest BCUT2D eigenvalue weighted by molar-refractivity contribution is 6.30. The van der Waals surface area contributed by atoms with Gasteiger partial charge < -0.3 is 10.1 Å². The van der Waals surface area contributed by atoms with Crippen molar-refractivity contribution >= 4 is 17.3 Å². The van der Waals surface area contributed by atoms with Crippen LogP contribution in [0.1, 0.15) is 11.1 Å². The molecule has 0 radical (unpaired) electrons. The van der Waals surface area contributed by atoms with Gasteiger partial charge in [-0.25, -0.2) is 4.39 Å². The summed E-state index contributed by atoms with van der Waals surface area (Å²) in [6, 6.07) is 10.6. The topological polar surface area (TPSA) is 21.3 Å². The molecule has 1 aliphatic rings. The van der Waals surface area contributed by atoms with Gasteiger partial charge in [0.25, 0.3) is 0 Å². The normalized spacial score (nSPS) is 16.6.